The van der Waals surface area contributed by atoms with Gasteiger partial charge in [-0.1, -0.05) is 18.2 Å². The van der Waals surface area contributed by atoms with Gasteiger partial charge in [0.2, 0.25) is 0 Å². The first-order valence-corrected chi connectivity index (χ1v) is 3.97. The molecule has 0 aliphatic carbocycles. The smallest absolute Gasteiger partial charge is 0.269 e. The van der Waals surface area contributed by atoms with E-state index < -0.39 is 0 Å². The first kappa shape index (κ1) is 8.22. The summed E-state index contributed by atoms with van der Waals surface area (Å²) < 4.78 is 0. The van der Waals surface area contributed by atoms with Crippen molar-refractivity contribution < 1.29 is 14.7 Å². The molecule has 0 aromatic heterocycles. The SMILES string of the molecule is Cc1ccccc1N1OOCC1=O. The highest BCUT2D eigenvalue weighted by Gasteiger charge is 2.26. The minimum atomic E-state index is -0.186. The summed E-state index contributed by atoms with van der Waals surface area (Å²) in [6.07, 6.45) is 0. The number of para-hydroxylation sites is 1. The molecule has 0 atom stereocenters. The zero-order valence-electron chi connectivity index (χ0n) is 7.19. The lowest BCUT2D eigenvalue weighted by Crippen LogP contribution is -2.24. The van der Waals surface area contributed by atoms with Crippen molar-refractivity contribution in [2.75, 3.05) is 11.7 Å². The number of benzene rings is 1. The molecule has 0 radical (unpaired) electrons. The van der Waals surface area contributed by atoms with Crippen molar-refractivity contribution in [1.29, 1.82) is 0 Å². The molecule has 0 spiro atoms. The second-order valence-electron chi connectivity index (χ2n) is 2.81. The molecule has 0 unspecified atom stereocenters. The van der Waals surface area contributed by atoms with Gasteiger partial charge < -0.3 is 0 Å². The molecule has 1 aliphatic rings. The van der Waals surface area contributed by atoms with Crippen LogP contribution >= 0.6 is 0 Å². The van der Waals surface area contributed by atoms with Gasteiger partial charge in [0.1, 0.15) is 0 Å². The Labute approximate surface area is 75.6 Å². The summed E-state index contributed by atoms with van der Waals surface area (Å²) >= 11 is 0. The molecule has 68 valence electrons. The van der Waals surface area contributed by atoms with Crippen molar-refractivity contribution in [2.45, 2.75) is 6.92 Å². The van der Waals surface area contributed by atoms with Crippen LogP contribution in [0.25, 0.3) is 0 Å². The first-order chi connectivity index (χ1) is 6.29. The Morgan fingerprint density at radius 1 is 1.38 bits per heavy atom. The third-order valence-electron chi connectivity index (χ3n) is 1.87. The minimum absolute atomic E-state index is 0.0195. The highest BCUT2D eigenvalue weighted by molar-refractivity contribution is 5.93. The summed E-state index contributed by atoms with van der Waals surface area (Å²) in [5.41, 5.74) is 1.70. The molecule has 0 saturated carbocycles. The molecule has 1 aliphatic heterocycles. The number of aryl methyl sites for hydroxylation is 1. The number of nitrogens with zero attached hydrogens (tertiary/aromatic N) is 1. The van der Waals surface area contributed by atoms with Crippen molar-refractivity contribution in [3.63, 3.8) is 0 Å². The van der Waals surface area contributed by atoms with Crippen LogP contribution < -0.4 is 5.06 Å². The molecule has 4 heteroatoms. The maximum Gasteiger partial charge on any atom is 0.282 e. The van der Waals surface area contributed by atoms with E-state index in [1.54, 1.807) is 0 Å². The van der Waals surface area contributed by atoms with Crippen LogP contribution in [0, 0.1) is 6.92 Å². The number of anilines is 1. The third-order valence-corrected chi connectivity index (χ3v) is 1.87. The van der Waals surface area contributed by atoms with Crippen molar-refractivity contribution in [3.05, 3.63) is 29.8 Å². The second-order valence-corrected chi connectivity index (χ2v) is 2.81. The Morgan fingerprint density at radius 3 is 2.77 bits per heavy atom. The fourth-order valence-electron chi connectivity index (χ4n) is 1.20. The summed E-state index contributed by atoms with van der Waals surface area (Å²) in [5.74, 6) is -0.186. The fraction of sp³-hybridized carbons (Fsp3) is 0.222. The molecule has 1 aromatic rings. The molecule has 2 rings (SSSR count). The average molecular weight is 179 g/mol. The molecule has 1 aromatic carbocycles. The van der Waals surface area contributed by atoms with E-state index >= 15 is 0 Å². The van der Waals surface area contributed by atoms with Gasteiger partial charge in [-0.15, -0.1) is 4.99 Å². The number of carbonyl (C=O) groups excluding carboxylic acids is 1. The van der Waals surface area contributed by atoms with Crippen molar-refractivity contribution in [3.8, 4) is 0 Å². The van der Waals surface area contributed by atoms with Gasteiger partial charge in [-0.3, -0.25) is 4.79 Å². The van der Waals surface area contributed by atoms with Gasteiger partial charge in [-0.25, -0.2) is 4.89 Å². The summed E-state index contributed by atoms with van der Waals surface area (Å²) in [6, 6.07) is 7.46. The number of hydrogen-bond donors (Lipinski definition) is 0. The molecule has 4 nitrogen and oxygen atoms in total. The lowest BCUT2D eigenvalue weighted by molar-refractivity contribution is -0.258. The lowest BCUT2D eigenvalue weighted by Gasteiger charge is -2.12. The van der Waals surface area contributed by atoms with Crippen LogP contribution in [0.1, 0.15) is 5.56 Å². The molecule has 1 saturated heterocycles. The van der Waals surface area contributed by atoms with Crippen molar-refractivity contribution in [2.24, 2.45) is 0 Å². The highest BCUT2D eigenvalue weighted by atomic mass is 17.3. The van der Waals surface area contributed by atoms with Crippen molar-refractivity contribution in [1.82, 2.24) is 0 Å². The number of amides is 1. The Bertz CT molecular complexity index is 337. The molecule has 13 heavy (non-hydrogen) atoms. The van der Waals surface area contributed by atoms with E-state index in [0.29, 0.717) is 0 Å². The number of carbonyl (C=O) groups is 1. The Balaban J connectivity index is 2.34. The summed E-state index contributed by atoms with van der Waals surface area (Å²) in [6.45, 7) is 1.89. The predicted octanol–water partition coefficient (Wildman–Crippen LogP) is 1.20. The highest BCUT2D eigenvalue weighted by Crippen LogP contribution is 2.22. The van der Waals surface area contributed by atoms with Crippen LogP contribution in [0.3, 0.4) is 0 Å². The van der Waals surface area contributed by atoms with E-state index in [0.717, 1.165) is 16.3 Å². The van der Waals surface area contributed by atoms with E-state index in [1.165, 1.54) is 0 Å². The van der Waals surface area contributed by atoms with E-state index in [1.807, 2.05) is 31.2 Å². The topological polar surface area (TPSA) is 38.8 Å². The third kappa shape index (κ3) is 1.41. The number of hydrogen-bond acceptors (Lipinski definition) is 3. The Morgan fingerprint density at radius 2 is 2.15 bits per heavy atom. The zero-order valence-corrected chi connectivity index (χ0v) is 7.19. The normalized spacial score (nSPS) is 16.7. The van der Waals surface area contributed by atoms with E-state index in [-0.39, 0.29) is 12.5 Å². The quantitative estimate of drug-likeness (QED) is 0.608. The van der Waals surface area contributed by atoms with E-state index in [4.69, 9.17) is 4.99 Å². The van der Waals surface area contributed by atoms with Gasteiger partial charge in [0.25, 0.3) is 5.91 Å². The van der Waals surface area contributed by atoms with Crippen molar-refractivity contribution >= 4 is 11.6 Å². The van der Waals surface area contributed by atoms with Gasteiger partial charge >= 0.3 is 0 Å². The molecule has 1 amide bonds. The summed E-state index contributed by atoms with van der Waals surface area (Å²) in [5, 5.41) is 1.16. The monoisotopic (exact) mass is 179 g/mol. The Hall–Kier alpha value is -1.39. The van der Waals surface area contributed by atoms with Crippen LogP contribution in [0.2, 0.25) is 0 Å². The van der Waals surface area contributed by atoms with Gasteiger partial charge in [0.15, 0.2) is 6.61 Å². The maximum atomic E-state index is 11.2. The van der Waals surface area contributed by atoms with E-state index in [2.05, 4.69) is 4.89 Å². The Kier molecular flexibility index (Phi) is 2.00. The zero-order chi connectivity index (χ0) is 9.26. The van der Waals surface area contributed by atoms with E-state index in [9.17, 15) is 4.79 Å². The summed E-state index contributed by atoms with van der Waals surface area (Å²) in [7, 11) is 0. The molecular weight excluding hydrogens is 170 g/mol. The van der Waals surface area contributed by atoms with Gasteiger partial charge in [-0.05, 0) is 18.6 Å². The standard InChI is InChI=1S/C9H9NO3/c1-7-4-2-3-5-8(7)10-9(11)6-12-13-10/h2-5H,6H2,1H3. The fourth-order valence-corrected chi connectivity index (χ4v) is 1.20. The van der Waals surface area contributed by atoms with Crippen LogP contribution in [0.4, 0.5) is 5.69 Å². The van der Waals surface area contributed by atoms with Gasteiger partial charge in [-0.2, -0.15) is 5.06 Å². The lowest BCUT2D eigenvalue weighted by atomic mass is 10.2. The van der Waals surface area contributed by atoms with Crippen LogP contribution in [-0.4, -0.2) is 12.5 Å². The minimum Gasteiger partial charge on any atom is -0.269 e. The number of rotatable bonds is 1. The molecule has 0 N–H and O–H groups in total. The molecule has 0 bridgehead atoms. The van der Waals surface area contributed by atoms with Crippen LogP contribution in [0.5, 0.6) is 0 Å². The predicted molar refractivity (Wildman–Crippen MR) is 45.7 cm³/mol. The molecular formula is C9H9NO3. The largest absolute Gasteiger partial charge is 0.282 e. The second kappa shape index (κ2) is 3.16. The molecule has 1 heterocycles. The number of hydroxylamine groups is 1. The van der Waals surface area contributed by atoms with Crippen LogP contribution in [-0.2, 0) is 14.7 Å². The summed E-state index contributed by atoms with van der Waals surface area (Å²) in [4.78, 5) is 20.5. The van der Waals surface area contributed by atoms with Gasteiger partial charge in [0.05, 0.1) is 5.69 Å². The van der Waals surface area contributed by atoms with Crippen LogP contribution in [0.15, 0.2) is 24.3 Å². The van der Waals surface area contributed by atoms with Gasteiger partial charge in [0, 0.05) is 0 Å². The average Bonchev–Trinajstić information content (AvgIpc) is 2.52. The maximum absolute atomic E-state index is 11.2. The first-order valence-electron chi connectivity index (χ1n) is 3.97. The molecule has 1 fully saturated rings.